The zero-order chi connectivity index (χ0) is 15.1. The maximum absolute atomic E-state index is 10.4. The van der Waals surface area contributed by atoms with Crippen LogP contribution in [-0.2, 0) is 0 Å². The van der Waals surface area contributed by atoms with E-state index in [1.54, 1.807) is 0 Å². The first-order valence-corrected chi connectivity index (χ1v) is 8.36. The predicted octanol–water partition coefficient (Wildman–Crippen LogP) is 3.63. The molecule has 1 fully saturated rings. The average Bonchev–Trinajstić information content (AvgIpc) is 2.53. The third kappa shape index (κ3) is 5.01. The second kappa shape index (κ2) is 8.40. The van der Waals surface area contributed by atoms with Crippen LogP contribution in [0.5, 0.6) is 5.75 Å². The van der Waals surface area contributed by atoms with E-state index in [0.717, 1.165) is 49.9 Å². The second-order valence-electron chi connectivity index (χ2n) is 6.11. The number of aliphatic hydroxyl groups is 1. The highest BCUT2D eigenvalue weighted by atomic mass is 16.5. The largest absolute Gasteiger partial charge is 0.494 e. The fraction of sp³-hybridized carbons (Fsp3) is 0.667. The van der Waals surface area contributed by atoms with Gasteiger partial charge in [-0.3, -0.25) is 0 Å². The summed E-state index contributed by atoms with van der Waals surface area (Å²) >= 11 is 0. The van der Waals surface area contributed by atoms with E-state index in [0.29, 0.717) is 0 Å². The first-order valence-electron chi connectivity index (χ1n) is 8.36. The molecular weight excluding hydrogens is 262 g/mol. The Bertz CT molecular complexity index is 404. The second-order valence-corrected chi connectivity index (χ2v) is 6.11. The molecule has 0 aliphatic carbocycles. The number of hydrogen-bond acceptors (Lipinski definition) is 3. The van der Waals surface area contributed by atoms with Crippen molar-refractivity contribution in [2.45, 2.75) is 45.6 Å². The molecule has 2 rings (SSSR count). The highest BCUT2D eigenvalue weighted by molar-refractivity contribution is 5.28. The van der Waals surface area contributed by atoms with Crippen molar-refractivity contribution >= 4 is 0 Å². The van der Waals surface area contributed by atoms with E-state index >= 15 is 0 Å². The number of rotatable bonds is 7. The maximum atomic E-state index is 10.4. The Balaban J connectivity index is 1.86. The van der Waals surface area contributed by atoms with Crippen molar-refractivity contribution in [1.29, 1.82) is 0 Å². The normalized spacial score (nSPS) is 21.2. The van der Waals surface area contributed by atoms with Crippen LogP contribution in [0.4, 0.5) is 0 Å². The summed E-state index contributed by atoms with van der Waals surface area (Å²) in [6.07, 6.45) is 4.45. The fourth-order valence-electron chi connectivity index (χ4n) is 3.01. The predicted molar refractivity (Wildman–Crippen MR) is 86.6 cm³/mol. The number of β-amino-alcohol motifs (C(OH)–C–C–N with tert-alkyl or cyclic N) is 1. The van der Waals surface area contributed by atoms with Gasteiger partial charge < -0.3 is 14.7 Å². The zero-order valence-electron chi connectivity index (χ0n) is 13.4. The first kappa shape index (κ1) is 16.3. The monoisotopic (exact) mass is 291 g/mol. The van der Waals surface area contributed by atoms with E-state index in [2.05, 4.69) is 18.7 Å². The zero-order valence-corrected chi connectivity index (χ0v) is 13.4. The highest BCUT2D eigenvalue weighted by Crippen LogP contribution is 2.23. The van der Waals surface area contributed by atoms with Crippen molar-refractivity contribution in [2.75, 3.05) is 26.2 Å². The molecule has 0 bridgehead atoms. The number of piperidine rings is 1. The van der Waals surface area contributed by atoms with E-state index < -0.39 is 6.10 Å². The van der Waals surface area contributed by atoms with Crippen LogP contribution in [0.3, 0.4) is 0 Å². The number of nitrogens with zero attached hydrogens (tertiary/aromatic N) is 1. The van der Waals surface area contributed by atoms with Gasteiger partial charge in [0.15, 0.2) is 0 Å². The summed E-state index contributed by atoms with van der Waals surface area (Å²) in [5.74, 6) is 1.69. The fourth-order valence-corrected chi connectivity index (χ4v) is 3.01. The van der Waals surface area contributed by atoms with E-state index in [9.17, 15) is 5.11 Å². The van der Waals surface area contributed by atoms with Crippen LogP contribution in [0.15, 0.2) is 24.3 Å². The van der Waals surface area contributed by atoms with Crippen LogP contribution < -0.4 is 4.74 Å². The molecule has 1 heterocycles. The third-order valence-corrected chi connectivity index (χ3v) is 4.35. The van der Waals surface area contributed by atoms with Crippen molar-refractivity contribution in [3.05, 3.63) is 29.8 Å². The molecular formula is C18H29NO2. The van der Waals surface area contributed by atoms with Gasteiger partial charge in [0.1, 0.15) is 5.75 Å². The lowest BCUT2D eigenvalue weighted by atomic mass is 9.95. The van der Waals surface area contributed by atoms with Crippen molar-refractivity contribution in [3.63, 3.8) is 0 Å². The molecule has 0 spiro atoms. The average molecular weight is 291 g/mol. The van der Waals surface area contributed by atoms with Crippen LogP contribution in [-0.4, -0.2) is 36.2 Å². The van der Waals surface area contributed by atoms with Gasteiger partial charge in [-0.15, -0.1) is 0 Å². The molecule has 3 heteroatoms. The van der Waals surface area contributed by atoms with Gasteiger partial charge in [-0.05, 0) is 49.4 Å². The van der Waals surface area contributed by atoms with Crippen molar-refractivity contribution in [3.8, 4) is 5.75 Å². The summed E-state index contributed by atoms with van der Waals surface area (Å²) in [5, 5.41) is 10.4. The lowest BCUT2D eigenvalue weighted by Gasteiger charge is -2.33. The number of hydrogen-bond donors (Lipinski definition) is 1. The molecule has 0 aromatic heterocycles. The van der Waals surface area contributed by atoms with Gasteiger partial charge in [0.2, 0.25) is 0 Å². The van der Waals surface area contributed by atoms with Gasteiger partial charge in [0.05, 0.1) is 12.7 Å². The van der Waals surface area contributed by atoms with Crippen LogP contribution in [0.2, 0.25) is 0 Å². The molecule has 3 nitrogen and oxygen atoms in total. The number of likely N-dealkylation sites (tertiary alicyclic amines) is 1. The summed E-state index contributed by atoms with van der Waals surface area (Å²) in [7, 11) is 0. The summed E-state index contributed by atoms with van der Waals surface area (Å²) in [6.45, 7) is 8.09. The van der Waals surface area contributed by atoms with Crippen molar-refractivity contribution in [1.82, 2.24) is 4.90 Å². The Kier molecular flexibility index (Phi) is 6.52. The lowest BCUT2D eigenvalue weighted by Crippen LogP contribution is -2.37. The maximum Gasteiger partial charge on any atom is 0.119 e. The van der Waals surface area contributed by atoms with Crippen molar-refractivity contribution < 1.29 is 9.84 Å². The number of ether oxygens (including phenoxy) is 1. The Morgan fingerprint density at radius 2 is 2.05 bits per heavy atom. The van der Waals surface area contributed by atoms with E-state index in [1.165, 1.54) is 19.3 Å². The van der Waals surface area contributed by atoms with E-state index in [-0.39, 0.29) is 0 Å². The Hall–Kier alpha value is -1.06. The summed E-state index contributed by atoms with van der Waals surface area (Å²) in [6, 6.07) is 7.88. The molecule has 2 atom stereocenters. The highest BCUT2D eigenvalue weighted by Gasteiger charge is 2.21. The number of benzene rings is 1. The van der Waals surface area contributed by atoms with Gasteiger partial charge >= 0.3 is 0 Å². The van der Waals surface area contributed by atoms with Gasteiger partial charge in [0.25, 0.3) is 0 Å². The van der Waals surface area contributed by atoms with Crippen LogP contribution in [0.25, 0.3) is 0 Å². The van der Waals surface area contributed by atoms with E-state index in [4.69, 9.17) is 4.74 Å². The molecule has 1 aliphatic rings. The molecule has 1 aliphatic heterocycles. The van der Waals surface area contributed by atoms with Gasteiger partial charge in [0, 0.05) is 13.1 Å². The standard InChI is InChI=1S/C18H29NO2/c1-3-12-21-17-9-7-16(8-10-17)18(20)14-19-11-5-6-15(4-2)13-19/h7-10,15,18,20H,3-6,11-14H2,1-2H3. The van der Waals surface area contributed by atoms with Gasteiger partial charge in [-0.1, -0.05) is 32.4 Å². The van der Waals surface area contributed by atoms with Gasteiger partial charge in [-0.2, -0.15) is 0 Å². The van der Waals surface area contributed by atoms with Crippen LogP contribution in [0, 0.1) is 5.92 Å². The Morgan fingerprint density at radius 1 is 1.29 bits per heavy atom. The van der Waals surface area contributed by atoms with Crippen molar-refractivity contribution in [2.24, 2.45) is 5.92 Å². The Labute approximate surface area is 128 Å². The molecule has 0 amide bonds. The van der Waals surface area contributed by atoms with Crippen LogP contribution in [0.1, 0.15) is 51.2 Å². The first-order chi connectivity index (χ1) is 10.2. The molecule has 21 heavy (non-hydrogen) atoms. The SMILES string of the molecule is CCCOc1ccc(C(O)CN2CCCC(CC)C2)cc1. The molecule has 1 N–H and O–H groups in total. The molecule has 118 valence electrons. The van der Waals surface area contributed by atoms with Crippen LogP contribution >= 0.6 is 0 Å². The molecule has 1 aromatic rings. The quantitative estimate of drug-likeness (QED) is 0.832. The molecule has 0 saturated carbocycles. The molecule has 1 saturated heterocycles. The van der Waals surface area contributed by atoms with Gasteiger partial charge in [-0.25, -0.2) is 0 Å². The smallest absolute Gasteiger partial charge is 0.119 e. The topological polar surface area (TPSA) is 32.7 Å². The molecule has 1 aromatic carbocycles. The molecule has 0 radical (unpaired) electrons. The number of aliphatic hydroxyl groups excluding tert-OH is 1. The molecule has 2 unspecified atom stereocenters. The van der Waals surface area contributed by atoms with E-state index in [1.807, 2.05) is 24.3 Å². The Morgan fingerprint density at radius 3 is 2.71 bits per heavy atom. The lowest BCUT2D eigenvalue weighted by molar-refractivity contribution is 0.0836. The summed E-state index contributed by atoms with van der Waals surface area (Å²) in [5.41, 5.74) is 0.984. The summed E-state index contributed by atoms with van der Waals surface area (Å²) in [4.78, 5) is 2.41. The minimum atomic E-state index is -0.402. The minimum absolute atomic E-state index is 0.402. The summed E-state index contributed by atoms with van der Waals surface area (Å²) < 4.78 is 5.58. The third-order valence-electron chi connectivity index (χ3n) is 4.35. The minimum Gasteiger partial charge on any atom is -0.494 e.